The van der Waals surface area contributed by atoms with Crippen molar-refractivity contribution in [2.24, 2.45) is 0 Å². The molecule has 2 N–H and O–H groups in total. The maximum absolute atomic E-state index is 5.23. The highest BCUT2D eigenvalue weighted by atomic mass is 16.5. The van der Waals surface area contributed by atoms with Gasteiger partial charge in [0, 0.05) is 24.7 Å². The maximum Gasteiger partial charge on any atom is 0.225 e. The third-order valence-corrected chi connectivity index (χ3v) is 4.72. The van der Waals surface area contributed by atoms with Crippen LogP contribution in [0.15, 0.2) is 91.0 Å². The molecule has 4 aromatic rings. The predicted molar refractivity (Wildman–Crippen MR) is 122 cm³/mol. The summed E-state index contributed by atoms with van der Waals surface area (Å²) in [5.74, 6) is 2.22. The van der Waals surface area contributed by atoms with E-state index in [-0.39, 0.29) is 0 Å². The second kappa shape index (κ2) is 9.56. The molecule has 0 bridgehead atoms. The number of hydrogen-bond donors (Lipinski definition) is 2. The minimum absolute atomic E-state index is 0.595. The summed E-state index contributed by atoms with van der Waals surface area (Å²) < 4.78 is 5.23. The van der Waals surface area contributed by atoms with Crippen LogP contribution >= 0.6 is 0 Å². The molecule has 0 saturated heterocycles. The van der Waals surface area contributed by atoms with Gasteiger partial charge in [-0.1, -0.05) is 72.8 Å². The summed E-state index contributed by atoms with van der Waals surface area (Å²) in [6.07, 6.45) is 0. The van der Waals surface area contributed by atoms with Gasteiger partial charge in [-0.05, 0) is 23.3 Å². The van der Waals surface area contributed by atoms with E-state index >= 15 is 0 Å². The SMILES string of the molecule is COc1ccc(CNc2cc(-c3ccccc3)nc(NCc3ccccc3)n2)cc1. The molecule has 0 amide bonds. The monoisotopic (exact) mass is 396 g/mol. The number of benzene rings is 3. The fourth-order valence-electron chi connectivity index (χ4n) is 3.09. The molecule has 1 aromatic heterocycles. The van der Waals surface area contributed by atoms with E-state index in [2.05, 4.69) is 39.9 Å². The first-order valence-electron chi connectivity index (χ1n) is 9.89. The van der Waals surface area contributed by atoms with Crippen molar-refractivity contribution < 1.29 is 4.74 Å². The van der Waals surface area contributed by atoms with E-state index in [0.29, 0.717) is 19.0 Å². The summed E-state index contributed by atoms with van der Waals surface area (Å²) in [4.78, 5) is 9.38. The number of methoxy groups -OCH3 is 1. The second-order valence-corrected chi connectivity index (χ2v) is 6.87. The van der Waals surface area contributed by atoms with Gasteiger partial charge in [-0.2, -0.15) is 4.98 Å². The van der Waals surface area contributed by atoms with E-state index in [9.17, 15) is 0 Å². The Morgan fingerprint density at radius 1 is 0.700 bits per heavy atom. The Hall–Kier alpha value is -3.86. The molecule has 0 saturated carbocycles. The molecule has 0 aliphatic rings. The molecule has 0 aliphatic heterocycles. The molecule has 0 unspecified atom stereocenters. The highest BCUT2D eigenvalue weighted by Gasteiger charge is 2.07. The number of hydrogen-bond acceptors (Lipinski definition) is 5. The van der Waals surface area contributed by atoms with Crippen LogP contribution in [0.3, 0.4) is 0 Å². The Balaban J connectivity index is 1.54. The van der Waals surface area contributed by atoms with Crippen molar-refractivity contribution in [1.29, 1.82) is 0 Å². The fourth-order valence-corrected chi connectivity index (χ4v) is 3.09. The lowest BCUT2D eigenvalue weighted by Crippen LogP contribution is -2.08. The average Bonchev–Trinajstić information content (AvgIpc) is 2.83. The van der Waals surface area contributed by atoms with Crippen LogP contribution in [0, 0.1) is 0 Å². The van der Waals surface area contributed by atoms with Gasteiger partial charge >= 0.3 is 0 Å². The lowest BCUT2D eigenvalue weighted by molar-refractivity contribution is 0.414. The molecular formula is C25H24N4O. The number of nitrogens with one attached hydrogen (secondary N) is 2. The first kappa shape index (κ1) is 19.5. The molecule has 0 radical (unpaired) electrons. The van der Waals surface area contributed by atoms with Crippen molar-refractivity contribution in [3.05, 3.63) is 102 Å². The number of rotatable bonds is 8. The molecule has 0 aliphatic carbocycles. The van der Waals surface area contributed by atoms with Gasteiger partial charge in [0.15, 0.2) is 0 Å². The van der Waals surface area contributed by atoms with Gasteiger partial charge in [0.25, 0.3) is 0 Å². The highest BCUT2D eigenvalue weighted by molar-refractivity contribution is 5.64. The Morgan fingerprint density at radius 3 is 2.03 bits per heavy atom. The van der Waals surface area contributed by atoms with E-state index < -0.39 is 0 Å². The van der Waals surface area contributed by atoms with Crippen molar-refractivity contribution in [1.82, 2.24) is 9.97 Å². The zero-order valence-electron chi connectivity index (χ0n) is 16.9. The van der Waals surface area contributed by atoms with Gasteiger partial charge in [-0.3, -0.25) is 0 Å². The molecule has 30 heavy (non-hydrogen) atoms. The molecule has 0 atom stereocenters. The van der Waals surface area contributed by atoms with Crippen molar-refractivity contribution in [3.8, 4) is 17.0 Å². The molecule has 0 spiro atoms. The molecule has 4 rings (SSSR count). The molecular weight excluding hydrogens is 372 g/mol. The van der Waals surface area contributed by atoms with Crippen LogP contribution in [-0.4, -0.2) is 17.1 Å². The van der Waals surface area contributed by atoms with E-state index in [0.717, 1.165) is 28.4 Å². The molecule has 150 valence electrons. The average molecular weight is 396 g/mol. The van der Waals surface area contributed by atoms with Gasteiger partial charge < -0.3 is 15.4 Å². The van der Waals surface area contributed by atoms with Crippen molar-refractivity contribution in [2.75, 3.05) is 17.7 Å². The standard InChI is InChI=1S/C25H24N4O/c1-30-22-14-12-20(13-15-22)17-26-24-16-23(21-10-6-3-7-11-21)28-25(29-24)27-18-19-8-4-2-5-9-19/h2-16H,17-18H2,1H3,(H2,26,27,28,29). The predicted octanol–water partition coefficient (Wildman–Crippen LogP) is 5.38. The quantitative estimate of drug-likeness (QED) is 0.419. The Bertz CT molecular complexity index is 1070. The first-order chi connectivity index (χ1) is 14.8. The molecule has 1 heterocycles. The molecule has 3 aromatic carbocycles. The zero-order valence-corrected chi connectivity index (χ0v) is 16.9. The van der Waals surface area contributed by atoms with Gasteiger partial charge in [-0.25, -0.2) is 4.98 Å². The minimum atomic E-state index is 0.595. The Kier molecular flexibility index (Phi) is 6.20. The summed E-state index contributed by atoms with van der Waals surface area (Å²) in [6.45, 7) is 1.32. The van der Waals surface area contributed by atoms with Crippen LogP contribution < -0.4 is 15.4 Å². The minimum Gasteiger partial charge on any atom is -0.497 e. The number of ether oxygens (including phenoxy) is 1. The summed E-state index contributed by atoms with van der Waals surface area (Å²) >= 11 is 0. The van der Waals surface area contributed by atoms with Crippen molar-refractivity contribution >= 4 is 11.8 Å². The van der Waals surface area contributed by atoms with Crippen LogP contribution in [0.5, 0.6) is 5.75 Å². The largest absolute Gasteiger partial charge is 0.497 e. The summed E-state index contributed by atoms with van der Waals surface area (Å²) in [7, 11) is 1.67. The summed E-state index contributed by atoms with van der Waals surface area (Å²) in [5, 5.41) is 6.76. The van der Waals surface area contributed by atoms with Crippen LogP contribution in [0.1, 0.15) is 11.1 Å². The first-order valence-corrected chi connectivity index (χ1v) is 9.89. The van der Waals surface area contributed by atoms with Crippen LogP contribution in [0.2, 0.25) is 0 Å². The van der Waals surface area contributed by atoms with Gasteiger partial charge in [-0.15, -0.1) is 0 Å². The Morgan fingerprint density at radius 2 is 1.33 bits per heavy atom. The topological polar surface area (TPSA) is 59.1 Å². The van der Waals surface area contributed by atoms with E-state index in [4.69, 9.17) is 9.72 Å². The second-order valence-electron chi connectivity index (χ2n) is 6.87. The van der Waals surface area contributed by atoms with Gasteiger partial charge in [0.2, 0.25) is 5.95 Å². The van der Waals surface area contributed by atoms with Gasteiger partial charge in [0.1, 0.15) is 11.6 Å². The number of anilines is 2. The Labute approximate surface area is 176 Å². The summed E-state index contributed by atoms with van der Waals surface area (Å²) in [5.41, 5.74) is 4.25. The molecule has 5 heteroatoms. The highest BCUT2D eigenvalue weighted by Crippen LogP contribution is 2.22. The lowest BCUT2D eigenvalue weighted by atomic mass is 10.1. The van der Waals surface area contributed by atoms with Crippen LogP contribution in [0.4, 0.5) is 11.8 Å². The maximum atomic E-state index is 5.23. The zero-order chi connectivity index (χ0) is 20.6. The van der Waals surface area contributed by atoms with Crippen molar-refractivity contribution in [3.63, 3.8) is 0 Å². The lowest BCUT2D eigenvalue weighted by Gasteiger charge is -2.12. The van der Waals surface area contributed by atoms with Gasteiger partial charge in [0.05, 0.1) is 12.8 Å². The third kappa shape index (κ3) is 5.14. The van der Waals surface area contributed by atoms with E-state index in [1.54, 1.807) is 7.11 Å². The normalized spacial score (nSPS) is 10.4. The van der Waals surface area contributed by atoms with Crippen molar-refractivity contribution in [2.45, 2.75) is 13.1 Å². The smallest absolute Gasteiger partial charge is 0.225 e. The molecule has 5 nitrogen and oxygen atoms in total. The third-order valence-electron chi connectivity index (χ3n) is 4.72. The van der Waals surface area contributed by atoms with Crippen LogP contribution in [-0.2, 0) is 13.1 Å². The van der Waals surface area contributed by atoms with E-state index in [1.165, 1.54) is 5.56 Å². The van der Waals surface area contributed by atoms with Crippen LogP contribution in [0.25, 0.3) is 11.3 Å². The molecule has 0 fully saturated rings. The summed E-state index contributed by atoms with van der Waals surface area (Å²) in [6, 6.07) is 30.3. The number of nitrogens with zero attached hydrogens (tertiary/aromatic N) is 2. The number of aromatic nitrogens is 2. The van der Waals surface area contributed by atoms with E-state index in [1.807, 2.05) is 66.7 Å². The fraction of sp³-hybridized carbons (Fsp3) is 0.120.